The van der Waals surface area contributed by atoms with Gasteiger partial charge in [0.2, 0.25) is 11.8 Å². The van der Waals surface area contributed by atoms with Crippen molar-refractivity contribution in [3.63, 3.8) is 0 Å². The molecule has 0 spiro atoms. The number of carbonyl (C=O) groups excluding carboxylic acids is 5. The number of nitrogens with one attached hydrogen (secondary N) is 1. The van der Waals surface area contributed by atoms with Gasteiger partial charge in [-0.25, -0.2) is 0 Å². The zero-order valence-corrected chi connectivity index (χ0v) is 18.0. The quantitative estimate of drug-likeness (QED) is 0.310. The number of piperidine rings is 1. The van der Waals surface area contributed by atoms with Crippen LogP contribution in [0.4, 0.5) is 0 Å². The zero-order chi connectivity index (χ0) is 22.5. The van der Waals surface area contributed by atoms with Crippen LogP contribution in [0.15, 0.2) is 30.3 Å². The van der Waals surface area contributed by atoms with E-state index in [0.717, 1.165) is 6.42 Å². The van der Waals surface area contributed by atoms with Crippen molar-refractivity contribution in [2.24, 2.45) is 23.7 Å². The maximum absolute atomic E-state index is 12.9. The summed E-state index contributed by atoms with van der Waals surface area (Å²) in [7, 11) is 0. The van der Waals surface area contributed by atoms with E-state index in [4.69, 9.17) is 4.74 Å². The van der Waals surface area contributed by atoms with Gasteiger partial charge >= 0.3 is 5.97 Å². The molecule has 1 heterocycles. The van der Waals surface area contributed by atoms with Gasteiger partial charge in [-0.15, -0.1) is 0 Å². The van der Waals surface area contributed by atoms with Gasteiger partial charge in [-0.2, -0.15) is 0 Å². The maximum Gasteiger partial charge on any atom is 0.313 e. The average Bonchev–Trinajstić information content (AvgIpc) is 2.70. The summed E-state index contributed by atoms with van der Waals surface area (Å²) >= 11 is 0. The molecule has 3 rings (SSSR count). The molecule has 1 saturated heterocycles. The summed E-state index contributed by atoms with van der Waals surface area (Å²) in [5.41, 5.74) is 0.418. The molecular formula is C24H29NO6. The predicted molar refractivity (Wildman–Crippen MR) is 112 cm³/mol. The molecule has 1 saturated carbocycles. The van der Waals surface area contributed by atoms with E-state index in [1.54, 1.807) is 30.3 Å². The standard InChI is InChI=1S/C24H29NO6/c1-14-8-15(2)24(30)18(9-14)20(10-16-11-21(27)25-22(28)12-16)31-23(29)13-19(26)17-6-4-3-5-7-17/h3-7,14-16,18,20H,8-13H2,1-2H3,(H,25,27,28)/t14-,15-,18+,20-/m1/s1. The van der Waals surface area contributed by atoms with Crippen LogP contribution < -0.4 is 5.32 Å². The zero-order valence-electron chi connectivity index (χ0n) is 18.0. The second kappa shape index (κ2) is 9.98. The Morgan fingerprint density at radius 2 is 1.68 bits per heavy atom. The highest BCUT2D eigenvalue weighted by Gasteiger charge is 2.41. The number of benzene rings is 1. The van der Waals surface area contributed by atoms with Crippen LogP contribution in [-0.4, -0.2) is 35.5 Å². The molecule has 1 aromatic carbocycles. The molecule has 7 nitrogen and oxygen atoms in total. The largest absolute Gasteiger partial charge is 0.461 e. The number of carbonyl (C=O) groups is 5. The first-order chi connectivity index (χ1) is 14.7. The molecule has 2 amide bonds. The molecular weight excluding hydrogens is 398 g/mol. The third kappa shape index (κ3) is 6.09. The minimum Gasteiger partial charge on any atom is -0.461 e. The number of ether oxygens (including phenoxy) is 1. The monoisotopic (exact) mass is 427 g/mol. The number of hydrogen-bond acceptors (Lipinski definition) is 6. The van der Waals surface area contributed by atoms with Gasteiger partial charge in [0.1, 0.15) is 18.3 Å². The van der Waals surface area contributed by atoms with Crippen molar-refractivity contribution in [1.82, 2.24) is 5.32 Å². The summed E-state index contributed by atoms with van der Waals surface area (Å²) in [6.07, 6.45) is 0.742. The lowest BCUT2D eigenvalue weighted by Gasteiger charge is -2.36. The molecule has 31 heavy (non-hydrogen) atoms. The van der Waals surface area contributed by atoms with Gasteiger partial charge in [0.15, 0.2) is 5.78 Å². The Bertz CT molecular complexity index is 848. The first kappa shape index (κ1) is 22.8. The first-order valence-corrected chi connectivity index (χ1v) is 10.9. The smallest absolute Gasteiger partial charge is 0.313 e. The molecule has 1 N–H and O–H groups in total. The normalized spacial score (nSPS) is 25.6. The lowest BCUT2D eigenvalue weighted by molar-refractivity contribution is -0.156. The fourth-order valence-corrected chi connectivity index (χ4v) is 4.78. The summed E-state index contributed by atoms with van der Waals surface area (Å²) in [4.78, 5) is 61.5. The fourth-order valence-electron chi connectivity index (χ4n) is 4.78. The van der Waals surface area contributed by atoms with Gasteiger partial charge < -0.3 is 4.74 Å². The highest BCUT2D eigenvalue weighted by atomic mass is 16.5. The Labute approximate surface area is 181 Å². The van der Waals surface area contributed by atoms with Gasteiger partial charge in [-0.3, -0.25) is 29.3 Å². The molecule has 2 fully saturated rings. The summed E-state index contributed by atoms with van der Waals surface area (Å²) in [6.45, 7) is 3.94. The number of esters is 1. The van der Waals surface area contributed by atoms with Crippen molar-refractivity contribution in [3.05, 3.63) is 35.9 Å². The Morgan fingerprint density at radius 1 is 1.03 bits per heavy atom. The first-order valence-electron chi connectivity index (χ1n) is 10.9. The fraction of sp³-hybridized carbons (Fsp3) is 0.542. The molecule has 4 atom stereocenters. The molecule has 166 valence electrons. The number of rotatable bonds is 7. The maximum atomic E-state index is 12.9. The Balaban J connectivity index is 1.73. The Hall–Kier alpha value is -2.83. The number of imide groups is 1. The van der Waals surface area contributed by atoms with Gasteiger partial charge in [-0.05, 0) is 31.1 Å². The molecule has 0 radical (unpaired) electrons. The van der Waals surface area contributed by atoms with E-state index in [0.29, 0.717) is 17.9 Å². The van der Waals surface area contributed by atoms with E-state index in [2.05, 4.69) is 12.2 Å². The van der Waals surface area contributed by atoms with Gasteiger partial charge in [0, 0.05) is 24.3 Å². The van der Waals surface area contributed by atoms with E-state index in [-0.39, 0.29) is 54.5 Å². The molecule has 7 heteroatoms. The van der Waals surface area contributed by atoms with Crippen molar-refractivity contribution < 1.29 is 28.7 Å². The molecule has 2 aliphatic rings. The van der Waals surface area contributed by atoms with Gasteiger partial charge in [0.05, 0.1) is 5.92 Å². The third-order valence-electron chi connectivity index (χ3n) is 6.19. The highest BCUT2D eigenvalue weighted by molar-refractivity contribution is 6.06. The van der Waals surface area contributed by atoms with Gasteiger partial charge in [-0.1, -0.05) is 44.2 Å². The molecule has 1 aromatic rings. The summed E-state index contributed by atoms with van der Waals surface area (Å²) in [5.74, 6) is -2.36. The number of ketones is 2. The molecule has 0 aromatic heterocycles. The lowest BCUT2D eigenvalue weighted by atomic mass is 9.71. The average molecular weight is 427 g/mol. The number of amides is 2. The number of Topliss-reactive ketones (excluding diaryl/α,β-unsaturated/α-hetero) is 2. The van der Waals surface area contributed by atoms with Crippen molar-refractivity contribution >= 4 is 29.4 Å². The minimum absolute atomic E-state index is 0.0388. The minimum atomic E-state index is -0.752. The molecule has 1 aliphatic carbocycles. The van der Waals surface area contributed by atoms with E-state index in [1.165, 1.54) is 0 Å². The van der Waals surface area contributed by atoms with Crippen LogP contribution in [0.1, 0.15) is 62.7 Å². The van der Waals surface area contributed by atoms with Crippen molar-refractivity contribution in [2.45, 2.75) is 58.5 Å². The van der Waals surface area contributed by atoms with Crippen molar-refractivity contribution in [2.75, 3.05) is 0 Å². The molecule has 0 unspecified atom stereocenters. The van der Waals surface area contributed by atoms with Crippen LogP contribution in [0.3, 0.4) is 0 Å². The summed E-state index contributed by atoms with van der Waals surface area (Å²) < 4.78 is 5.70. The van der Waals surface area contributed by atoms with Crippen LogP contribution in [0, 0.1) is 23.7 Å². The lowest BCUT2D eigenvalue weighted by Crippen LogP contribution is -2.44. The van der Waals surface area contributed by atoms with Crippen LogP contribution in [-0.2, 0) is 23.9 Å². The Kier molecular flexibility index (Phi) is 7.36. The second-order valence-electron chi connectivity index (χ2n) is 8.96. The second-order valence-corrected chi connectivity index (χ2v) is 8.96. The van der Waals surface area contributed by atoms with E-state index in [9.17, 15) is 24.0 Å². The summed E-state index contributed by atoms with van der Waals surface area (Å²) in [5, 5.41) is 2.27. The number of hydrogen-bond donors (Lipinski definition) is 1. The van der Waals surface area contributed by atoms with Crippen LogP contribution in [0.2, 0.25) is 0 Å². The van der Waals surface area contributed by atoms with Gasteiger partial charge in [0.25, 0.3) is 0 Å². The van der Waals surface area contributed by atoms with E-state index < -0.39 is 24.4 Å². The van der Waals surface area contributed by atoms with E-state index >= 15 is 0 Å². The predicted octanol–water partition coefficient (Wildman–Crippen LogP) is 2.87. The SMILES string of the molecule is C[C@@H]1C[C@@H](C)C(=O)[C@H]([C@@H](CC2CC(=O)NC(=O)C2)OC(=O)CC(=O)c2ccccc2)C1. The highest BCUT2D eigenvalue weighted by Crippen LogP contribution is 2.36. The van der Waals surface area contributed by atoms with Crippen LogP contribution in [0.25, 0.3) is 0 Å². The van der Waals surface area contributed by atoms with Crippen LogP contribution in [0.5, 0.6) is 0 Å². The van der Waals surface area contributed by atoms with Crippen molar-refractivity contribution in [1.29, 1.82) is 0 Å². The third-order valence-corrected chi connectivity index (χ3v) is 6.19. The topological polar surface area (TPSA) is 107 Å². The van der Waals surface area contributed by atoms with E-state index in [1.807, 2.05) is 6.92 Å². The molecule has 0 bridgehead atoms. The molecule has 1 aliphatic heterocycles. The van der Waals surface area contributed by atoms with Crippen molar-refractivity contribution in [3.8, 4) is 0 Å². The van der Waals surface area contributed by atoms with Crippen LogP contribution >= 0.6 is 0 Å². The summed E-state index contributed by atoms with van der Waals surface area (Å²) in [6, 6.07) is 8.48. The Morgan fingerprint density at radius 3 is 2.32 bits per heavy atom.